The van der Waals surface area contributed by atoms with Gasteiger partial charge in [-0.25, -0.2) is 0 Å². The molecular formula is C11H18ClN3O2S. The third-order valence-electron chi connectivity index (χ3n) is 2.86. The van der Waals surface area contributed by atoms with Crippen LogP contribution in [0.25, 0.3) is 0 Å². The summed E-state index contributed by atoms with van der Waals surface area (Å²) in [7, 11) is -0.886. The van der Waals surface area contributed by atoms with Crippen LogP contribution >= 0.6 is 11.6 Å². The van der Waals surface area contributed by atoms with E-state index in [1.807, 2.05) is 0 Å². The van der Waals surface area contributed by atoms with Crippen molar-refractivity contribution in [2.24, 2.45) is 9.98 Å². The summed E-state index contributed by atoms with van der Waals surface area (Å²) in [5, 5.41) is 3.32. The SMILES string of the molecule is O=S1CCCN=C(Cl)NC(=NC2CCOCC2)C1. The molecule has 5 nitrogen and oxygen atoms in total. The molecule has 1 saturated heterocycles. The van der Waals surface area contributed by atoms with Crippen molar-refractivity contribution in [3.8, 4) is 0 Å². The molecule has 2 rings (SSSR count). The van der Waals surface area contributed by atoms with Gasteiger partial charge in [0.2, 0.25) is 0 Å². The molecule has 0 aromatic heterocycles. The van der Waals surface area contributed by atoms with Gasteiger partial charge in [-0.1, -0.05) is 0 Å². The molecule has 1 atom stereocenters. The van der Waals surface area contributed by atoms with Crippen LogP contribution in [-0.4, -0.2) is 52.6 Å². The highest BCUT2D eigenvalue weighted by Crippen LogP contribution is 2.11. The number of aliphatic imine (C=N–C) groups is 2. The zero-order chi connectivity index (χ0) is 12.8. The Morgan fingerprint density at radius 1 is 1.44 bits per heavy atom. The lowest BCUT2D eigenvalue weighted by atomic mass is 10.1. The lowest BCUT2D eigenvalue weighted by Gasteiger charge is -2.20. The van der Waals surface area contributed by atoms with Gasteiger partial charge in [0, 0.05) is 36.3 Å². The Morgan fingerprint density at radius 3 is 3.00 bits per heavy atom. The lowest BCUT2D eigenvalue weighted by molar-refractivity contribution is 0.0870. The smallest absolute Gasteiger partial charge is 0.196 e. The van der Waals surface area contributed by atoms with Gasteiger partial charge in [-0.3, -0.25) is 14.2 Å². The van der Waals surface area contributed by atoms with E-state index in [4.69, 9.17) is 16.3 Å². The van der Waals surface area contributed by atoms with Crippen LogP contribution in [0.1, 0.15) is 19.3 Å². The first kappa shape index (κ1) is 14.0. The minimum Gasteiger partial charge on any atom is -0.381 e. The fourth-order valence-electron chi connectivity index (χ4n) is 1.93. The first-order valence-corrected chi connectivity index (χ1v) is 8.07. The van der Waals surface area contributed by atoms with Crippen LogP contribution in [0.15, 0.2) is 9.98 Å². The molecule has 0 aliphatic carbocycles. The zero-order valence-electron chi connectivity index (χ0n) is 10.2. The predicted molar refractivity (Wildman–Crippen MR) is 75.1 cm³/mol. The van der Waals surface area contributed by atoms with E-state index >= 15 is 0 Å². The number of amidine groups is 2. The minimum atomic E-state index is -0.886. The van der Waals surface area contributed by atoms with Crippen LogP contribution in [0.3, 0.4) is 0 Å². The normalized spacial score (nSPS) is 29.9. The fourth-order valence-corrected chi connectivity index (χ4v) is 3.17. The van der Waals surface area contributed by atoms with E-state index in [1.165, 1.54) is 0 Å². The highest BCUT2D eigenvalue weighted by molar-refractivity contribution is 7.85. The highest BCUT2D eigenvalue weighted by Gasteiger charge is 2.16. The Bertz CT molecular complexity index is 367. The molecule has 18 heavy (non-hydrogen) atoms. The van der Waals surface area contributed by atoms with Gasteiger partial charge in [-0.05, 0) is 30.9 Å². The van der Waals surface area contributed by atoms with Crippen LogP contribution in [0, 0.1) is 0 Å². The number of rotatable bonds is 1. The van der Waals surface area contributed by atoms with Crippen LogP contribution < -0.4 is 5.32 Å². The molecular weight excluding hydrogens is 274 g/mol. The first-order chi connectivity index (χ1) is 8.74. The van der Waals surface area contributed by atoms with E-state index in [-0.39, 0.29) is 6.04 Å². The Kier molecular flexibility index (Phi) is 5.59. The molecule has 1 unspecified atom stereocenters. The third kappa shape index (κ3) is 4.66. The van der Waals surface area contributed by atoms with E-state index in [0.717, 1.165) is 32.5 Å². The Morgan fingerprint density at radius 2 is 2.22 bits per heavy atom. The van der Waals surface area contributed by atoms with Gasteiger partial charge in [-0.2, -0.15) is 0 Å². The van der Waals surface area contributed by atoms with E-state index in [2.05, 4.69) is 15.3 Å². The van der Waals surface area contributed by atoms with Crippen molar-refractivity contribution >= 4 is 33.5 Å². The van der Waals surface area contributed by atoms with Gasteiger partial charge >= 0.3 is 0 Å². The quantitative estimate of drug-likeness (QED) is 0.730. The molecule has 2 heterocycles. The predicted octanol–water partition coefficient (Wildman–Crippen LogP) is 0.901. The molecule has 0 spiro atoms. The summed E-state index contributed by atoms with van der Waals surface area (Å²) in [5.41, 5.74) is 0. The molecule has 0 aromatic rings. The van der Waals surface area contributed by atoms with Crippen molar-refractivity contribution in [2.75, 3.05) is 31.3 Å². The molecule has 102 valence electrons. The van der Waals surface area contributed by atoms with Crippen molar-refractivity contribution in [2.45, 2.75) is 25.3 Å². The molecule has 0 saturated carbocycles. The van der Waals surface area contributed by atoms with Crippen molar-refractivity contribution in [3.63, 3.8) is 0 Å². The first-order valence-electron chi connectivity index (χ1n) is 6.20. The fraction of sp³-hybridized carbons (Fsp3) is 0.818. The molecule has 1 N–H and O–H groups in total. The number of ether oxygens (including phenoxy) is 1. The number of nitrogens with zero attached hydrogens (tertiary/aromatic N) is 2. The molecule has 7 heteroatoms. The van der Waals surface area contributed by atoms with E-state index in [0.29, 0.717) is 29.2 Å². The second kappa shape index (κ2) is 7.21. The second-order valence-corrected chi connectivity index (χ2v) is 6.29. The summed E-state index contributed by atoms with van der Waals surface area (Å²) in [6, 6.07) is 0.239. The summed E-state index contributed by atoms with van der Waals surface area (Å²) in [6.07, 6.45) is 2.62. The maximum atomic E-state index is 11.8. The molecule has 2 aliphatic heterocycles. The van der Waals surface area contributed by atoms with Crippen molar-refractivity contribution in [1.82, 2.24) is 5.32 Å². The van der Waals surface area contributed by atoms with Gasteiger partial charge in [0.15, 0.2) is 5.29 Å². The number of hydrogen-bond acceptors (Lipinski definition) is 4. The molecule has 0 bridgehead atoms. The van der Waals surface area contributed by atoms with Gasteiger partial charge in [0.25, 0.3) is 0 Å². The Labute approximate surface area is 115 Å². The summed E-state index contributed by atoms with van der Waals surface area (Å²) >= 11 is 5.96. The van der Waals surface area contributed by atoms with Crippen LogP contribution in [0.2, 0.25) is 0 Å². The second-order valence-electron chi connectivity index (χ2n) is 4.36. The van der Waals surface area contributed by atoms with Crippen LogP contribution in [-0.2, 0) is 15.5 Å². The number of halogens is 1. The van der Waals surface area contributed by atoms with Gasteiger partial charge in [0.1, 0.15) is 5.84 Å². The van der Waals surface area contributed by atoms with Crippen LogP contribution in [0.4, 0.5) is 0 Å². The summed E-state index contributed by atoms with van der Waals surface area (Å²) in [6.45, 7) is 2.10. The standard InChI is InChI=1S/C11H18ClN3O2S/c12-11-13-4-1-7-18(16)8-10(15-11)14-9-2-5-17-6-3-9/h9H,1-8H2,(H,13,14,15). The van der Waals surface area contributed by atoms with Crippen molar-refractivity contribution in [1.29, 1.82) is 0 Å². The largest absolute Gasteiger partial charge is 0.381 e. The lowest BCUT2D eigenvalue weighted by Crippen LogP contribution is -2.34. The number of nitrogens with one attached hydrogen (secondary N) is 1. The minimum absolute atomic E-state index is 0.239. The average molecular weight is 292 g/mol. The Hall–Kier alpha value is -0.460. The molecule has 0 amide bonds. The van der Waals surface area contributed by atoms with E-state index in [1.54, 1.807) is 0 Å². The maximum absolute atomic E-state index is 11.8. The van der Waals surface area contributed by atoms with Crippen molar-refractivity contribution < 1.29 is 8.95 Å². The third-order valence-corrected chi connectivity index (χ3v) is 4.41. The Balaban J connectivity index is 2.05. The summed E-state index contributed by atoms with van der Waals surface area (Å²) in [4.78, 5) is 8.76. The van der Waals surface area contributed by atoms with Crippen molar-refractivity contribution in [3.05, 3.63) is 0 Å². The van der Waals surface area contributed by atoms with Gasteiger partial charge in [-0.15, -0.1) is 0 Å². The summed E-state index contributed by atoms with van der Waals surface area (Å²) in [5.74, 6) is 1.78. The molecule has 0 aromatic carbocycles. The van der Waals surface area contributed by atoms with Gasteiger partial charge in [0.05, 0.1) is 11.8 Å². The highest BCUT2D eigenvalue weighted by atomic mass is 35.5. The van der Waals surface area contributed by atoms with Gasteiger partial charge < -0.3 is 10.1 Å². The number of hydrogen-bond donors (Lipinski definition) is 1. The maximum Gasteiger partial charge on any atom is 0.196 e. The molecule has 0 radical (unpaired) electrons. The topological polar surface area (TPSA) is 63.0 Å². The molecule has 2 aliphatic rings. The summed E-state index contributed by atoms with van der Waals surface area (Å²) < 4.78 is 17.1. The average Bonchev–Trinajstić information content (AvgIpc) is 2.42. The van der Waals surface area contributed by atoms with E-state index < -0.39 is 10.8 Å². The van der Waals surface area contributed by atoms with E-state index in [9.17, 15) is 4.21 Å². The molecule has 1 fully saturated rings. The monoisotopic (exact) mass is 291 g/mol. The van der Waals surface area contributed by atoms with Crippen LogP contribution in [0.5, 0.6) is 0 Å². The zero-order valence-corrected chi connectivity index (χ0v) is 11.8.